The highest BCUT2D eigenvalue weighted by Crippen LogP contribution is 2.32. The Morgan fingerprint density at radius 1 is 1.09 bits per heavy atom. The van der Waals surface area contributed by atoms with Gasteiger partial charge in [-0.1, -0.05) is 53.2 Å². The molecule has 0 fully saturated rings. The first-order valence-corrected chi connectivity index (χ1v) is 8.70. The van der Waals surface area contributed by atoms with Gasteiger partial charge in [0.2, 0.25) is 0 Å². The molecule has 1 aromatic heterocycles. The molecule has 0 saturated heterocycles. The van der Waals surface area contributed by atoms with Gasteiger partial charge in [0.25, 0.3) is 0 Å². The monoisotopic (exact) mass is 342 g/mol. The van der Waals surface area contributed by atoms with E-state index in [0.29, 0.717) is 5.02 Å². The molecular weight excluding hydrogens is 328 g/mol. The first kappa shape index (κ1) is 14.6. The number of rotatable bonds is 2. The number of halogens is 1. The summed E-state index contributed by atoms with van der Waals surface area (Å²) in [6.07, 6.45) is 0. The molecule has 2 heterocycles. The van der Waals surface area contributed by atoms with Gasteiger partial charge in [-0.2, -0.15) is 0 Å². The predicted octanol–water partition coefficient (Wildman–Crippen LogP) is 4.43. The van der Waals surface area contributed by atoms with Gasteiger partial charge >= 0.3 is 0 Å². The van der Waals surface area contributed by atoms with E-state index in [4.69, 9.17) is 11.6 Å². The van der Waals surface area contributed by atoms with Crippen LogP contribution in [0.3, 0.4) is 0 Å². The van der Waals surface area contributed by atoms with Crippen LogP contribution in [0.5, 0.6) is 0 Å². The number of hydrogen-bond acceptors (Lipinski definition) is 4. The Morgan fingerprint density at radius 2 is 1.91 bits per heavy atom. The van der Waals surface area contributed by atoms with E-state index < -0.39 is 0 Å². The Labute approximate surface area is 144 Å². The van der Waals surface area contributed by atoms with E-state index in [1.54, 1.807) is 11.8 Å². The van der Waals surface area contributed by atoms with E-state index >= 15 is 0 Å². The molecule has 23 heavy (non-hydrogen) atoms. The molecule has 0 amide bonds. The zero-order chi connectivity index (χ0) is 15.8. The first-order valence-electron chi connectivity index (χ1n) is 7.34. The largest absolute Gasteiger partial charge is 0.344 e. The SMILES string of the molecule is Cc1ccc(N2CSc3nnc(-c4cccc(Cl)c4)n3C2)cc1. The van der Waals surface area contributed by atoms with Crippen molar-refractivity contribution in [3.05, 3.63) is 59.1 Å². The van der Waals surface area contributed by atoms with Gasteiger partial charge in [0.15, 0.2) is 11.0 Å². The molecule has 4 rings (SSSR count). The van der Waals surface area contributed by atoms with Crippen molar-refractivity contribution in [3.63, 3.8) is 0 Å². The third-order valence-electron chi connectivity index (χ3n) is 3.86. The zero-order valence-electron chi connectivity index (χ0n) is 12.6. The first-order chi connectivity index (χ1) is 11.2. The third-order valence-corrected chi connectivity index (χ3v) is 5.10. The van der Waals surface area contributed by atoms with Gasteiger partial charge in [-0.3, -0.25) is 4.57 Å². The number of benzene rings is 2. The average molecular weight is 343 g/mol. The van der Waals surface area contributed by atoms with E-state index in [1.165, 1.54) is 11.3 Å². The summed E-state index contributed by atoms with van der Waals surface area (Å²) in [6.45, 7) is 2.84. The van der Waals surface area contributed by atoms with Gasteiger partial charge in [-0.15, -0.1) is 10.2 Å². The van der Waals surface area contributed by atoms with Crippen molar-refractivity contribution in [2.45, 2.75) is 18.7 Å². The molecule has 4 nitrogen and oxygen atoms in total. The summed E-state index contributed by atoms with van der Waals surface area (Å²) in [6, 6.07) is 16.3. The Morgan fingerprint density at radius 3 is 2.70 bits per heavy atom. The molecule has 1 aliphatic rings. The van der Waals surface area contributed by atoms with Gasteiger partial charge in [-0.25, -0.2) is 0 Å². The average Bonchev–Trinajstić information content (AvgIpc) is 2.98. The van der Waals surface area contributed by atoms with Crippen LogP contribution < -0.4 is 4.90 Å². The maximum absolute atomic E-state index is 6.11. The lowest BCUT2D eigenvalue weighted by Gasteiger charge is -2.29. The van der Waals surface area contributed by atoms with Crippen LogP contribution in [-0.2, 0) is 6.67 Å². The van der Waals surface area contributed by atoms with Crippen LogP contribution in [0.2, 0.25) is 5.02 Å². The second kappa shape index (κ2) is 5.91. The third kappa shape index (κ3) is 2.82. The summed E-state index contributed by atoms with van der Waals surface area (Å²) in [5.41, 5.74) is 3.46. The quantitative estimate of drug-likeness (QED) is 0.689. The van der Waals surface area contributed by atoms with Crippen LogP contribution >= 0.6 is 23.4 Å². The summed E-state index contributed by atoms with van der Waals surface area (Å²) in [5.74, 6) is 1.73. The highest BCUT2D eigenvalue weighted by atomic mass is 35.5. The molecule has 0 bridgehead atoms. The van der Waals surface area contributed by atoms with Crippen LogP contribution in [0, 0.1) is 6.92 Å². The summed E-state index contributed by atoms with van der Waals surface area (Å²) in [4.78, 5) is 2.31. The van der Waals surface area contributed by atoms with Crippen molar-refractivity contribution in [2.24, 2.45) is 0 Å². The van der Waals surface area contributed by atoms with Gasteiger partial charge in [-0.05, 0) is 31.2 Å². The molecule has 2 aromatic carbocycles. The molecule has 0 atom stereocenters. The smallest absolute Gasteiger partial charge is 0.194 e. The zero-order valence-corrected chi connectivity index (χ0v) is 14.2. The molecule has 1 aliphatic heterocycles. The van der Waals surface area contributed by atoms with E-state index in [0.717, 1.165) is 29.1 Å². The van der Waals surface area contributed by atoms with Crippen molar-refractivity contribution < 1.29 is 0 Å². The van der Waals surface area contributed by atoms with Crippen LogP contribution in [0.15, 0.2) is 53.7 Å². The van der Waals surface area contributed by atoms with E-state index in [1.807, 2.05) is 24.3 Å². The van der Waals surface area contributed by atoms with Crippen molar-refractivity contribution in [1.82, 2.24) is 14.8 Å². The predicted molar refractivity (Wildman–Crippen MR) is 94.9 cm³/mol. The summed E-state index contributed by atoms with van der Waals surface area (Å²) in [5, 5.41) is 10.3. The lowest BCUT2D eigenvalue weighted by atomic mass is 10.2. The maximum atomic E-state index is 6.11. The summed E-state index contributed by atoms with van der Waals surface area (Å²) in [7, 11) is 0. The fourth-order valence-electron chi connectivity index (χ4n) is 2.62. The number of thioether (sulfide) groups is 1. The fourth-order valence-corrected chi connectivity index (χ4v) is 3.71. The van der Waals surface area contributed by atoms with E-state index in [9.17, 15) is 0 Å². The van der Waals surface area contributed by atoms with Crippen LogP contribution in [0.1, 0.15) is 5.56 Å². The van der Waals surface area contributed by atoms with Gasteiger partial charge in [0, 0.05) is 16.3 Å². The number of anilines is 1. The van der Waals surface area contributed by atoms with E-state index in [2.05, 4.69) is 50.9 Å². The highest BCUT2D eigenvalue weighted by molar-refractivity contribution is 7.99. The van der Waals surface area contributed by atoms with Crippen molar-refractivity contribution in [1.29, 1.82) is 0 Å². The number of aromatic nitrogens is 3. The number of nitrogens with zero attached hydrogens (tertiary/aromatic N) is 4. The summed E-state index contributed by atoms with van der Waals surface area (Å²) >= 11 is 7.81. The minimum Gasteiger partial charge on any atom is -0.344 e. The Bertz CT molecular complexity index is 844. The number of fused-ring (bicyclic) bond motifs is 1. The second-order valence-electron chi connectivity index (χ2n) is 5.53. The van der Waals surface area contributed by atoms with Gasteiger partial charge in [0.1, 0.15) is 0 Å². The number of aryl methyl sites for hydroxylation is 1. The molecule has 0 saturated carbocycles. The van der Waals surface area contributed by atoms with Gasteiger partial charge < -0.3 is 4.90 Å². The lowest BCUT2D eigenvalue weighted by molar-refractivity contribution is 0.608. The Hall–Kier alpha value is -1.98. The normalized spacial score (nSPS) is 13.9. The molecule has 0 N–H and O–H groups in total. The molecule has 3 aromatic rings. The molecule has 0 aliphatic carbocycles. The standard InChI is InChI=1S/C17H15ClN4S/c1-12-5-7-15(8-6-12)21-10-22-16(19-20-17(22)23-11-21)13-3-2-4-14(18)9-13/h2-9H,10-11H2,1H3. The molecule has 0 radical (unpaired) electrons. The van der Waals surface area contributed by atoms with Crippen LogP contribution in [-0.4, -0.2) is 20.6 Å². The van der Waals surface area contributed by atoms with E-state index in [-0.39, 0.29) is 0 Å². The topological polar surface area (TPSA) is 34.0 Å². The minimum absolute atomic E-state index is 0.707. The Kier molecular flexibility index (Phi) is 3.75. The van der Waals surface area contributed by atoms with Crippen molar-refractivity contribution in [2.75, 3.05) is 10.8 Å². The van der Waals surface area contributed by atoms with Gasteiger partial charge in [0.05, 0.1) is 12.5 Å². The fraction of sp³-hybridized carbons (Fsp3) is 0.176. The highest BCUT2D eigenvalue weighted by Gasteiger charge is 2.22. The van der Waals surface area contributed by atoms with Crippen LogP contribution in [0.4, 0.5) is 5.69 Å². The summed E-state index contributed by atoms with van der Waals surface area (Å²) < 4.78 is 2.14. The number of hydrogen-bond donors (Lipinski definition) is 0. The second-order valence-corrected chi connectivity index (χ2v) is 6.88. The minimum atomic E-state index is 0.707. The molecule has 116 valence electrons. The van der Waals surface area contributed by atoms with Crippen molar-refractivity contribution in [3.8, 4) is 11.4 Å². The molecule has 0 spiro atoms. The lowest BCUT2D eigenvalue weighted by Crippen LogP contribution is -2.30. The maximum Gasteiger partial charge on any atom is 0.194 e. The molecule has 6 heteroatoms. The van der Waals surface area contributed by atoms with Crippen LogP contribution in [0.25, 0.3) is 11.4 Å². The molecule has 0 unspecified atom stereocenters. The Balaban J connectivity index is 1.69. The van der Waals surface area contributed by atoms with Crippen molar-refractivity contribution >= 4 is 29.1 Å². The molecular formula is C17H15ClN4S.